The SMILES string of the molecule is CNc1ncnc2ccc(-c3ccc(F)c(CN(C)C(C)=O)c3)cc12. The van der Waals surface area contributed by atoms with Crippen molar-refractivity contribution < 1.29 is 9.18 Å². The molecule has 3 rings (SSSR count). The third kappa shape index (κ3) is 3.42. The average molecular weight is 338 g/mol. The van der Waals surface area contributed by atoms with E-state index in [1.54, 1.807) is 19.2 Å². The van der Waals surface area contributed by atoms with E-state index in [4.69, 9.17) is 0 Å². The number of nitrogens with one attached hydrogen (secondary N) is 1. The van der Waals surface area contributed by atoms with Crippen LogP contribution in [-0.4, -0.2) is 34.9 Å². The molecule has 0 saturated carbocycles. The Morgan fingerprint density at radius 2 is 1.88 bits per heavy atom. The quantitative estimate of drug-likeness (QED) is 0.791. The molecule has 0 saturated heterocycles. The molecular formula is C19H19FN4O. The number of nitrogens with zero attached hydrogens (tertiary/aromatic N) is 3. The highest BCUT2D eigenvalue weighted by Crippen LogP contribution is 2.28. The number of anilines is 1. The third-order valence-corrected chi connectivity index (χ3v) is 4.20. The lowest BCUT2D eigenvalue weighted by atomic mass is 10.0. The van der Waals surface area contributed by atoms with E-state index in [2.05, 4.69) is 15.3 Å². The molecule has 0 aliphatic rings. The fourth-order valence-electron chi connectivity index (χ4n) is 2.68. The Balaban J connectivity index is 2.04. The van der Waals surface area contributed by atoms with Crippen LogP contribution in [0, 0.1) is 5.82 Å². The number of fused-ring (bicyclic) bond motifs is 1. The largest absolute Gasteiger partial charge is 0.373 e. The van der Waals surface area contributed by atoms with Crippen LogP contribution in [0.25, 0.3) is 22.0 Å². The predicted molar refractivity (Wildman–Crippen MR) is 96.6 cm³/mol. The Kier molecular flexibility index (Phi) is 4.61. The van der Waals surface area contributed by atoms with Gasteiger partial charge in [-0.3, -0.25) is 4.79 Å². The number of halogens is 1. The van der Waals surface area contributed by atoms with Crippen molar-refractivity contribution in [2.75, 3.05) is 19.4 Å². The minimum atomic E-state index is -0.322. The van der Waals surface area contributed by atoms with Gasteiger partial charge in [-0.1, -0.05) is 12.1 Å². The summed E-state index contributed by atoms with van der Waals surface area (Å²) < 4.78 is 14.1. The fraction of sp³-hybridized carbons (Fsp3) is 0.211. The summed E-state index contributed by atoms with van der Waals surface area (Å²) in [5, 5.41) is 3.95. The van der Waals surface area contributed by atoms with E-state index in [1.165, 1.54) is 24.2 Å². The van der Waals surface area contributed by atoms with Crippen LogP contribution in [-0.2, 0) is 11.3 Å². The molecular weight excluding hydrogens is 319 g/mol. The number of amides is 1. The van der Waals surface area contributed by atoms with Gasteiger partial charge in [-0.15, -0.1) is 0 Å². The zero-order valence-electron chi connectivity index (χ0n) is 14.4. The van der Waals surface area contributed by atoms with Gasteiger partial charge in [-0.25, -0.2) is 14.4 Å². The van der Waals surface area contributed by atoms with Crippen LogP contribution < -0.4 is 5.32 Å². The Labute approximate surface area is 145 Å². The van der Waals surface area contributed by atoms with Gasteiger partial charge in [-0.05, 0) is 35.4 Å². The van der Waals surface area contributed by atoms with E-state index in [9.17, 15) is 9.18 Å². The van der Waals surface area contributed by atoms with Crippen molar-refractivity contribution in [1.29, 1.82) is 0 Å². The van der Waals surface area contributed by atoms with Gasteiger partial charge < -0.3 is 10.2 Å². The highest BCUT2D eigenvalue weighted by molar-refractivity contribution is 5.92. The van der Waals surface area contributed by atoms with Crippen LogP contribution in [0.2, 0.25) is 0 Å². The fourth-order valence-corrected chi connectivity index (χ4v) is 2.68. The molecule has 0 radical (unpaired) electrons. The first-order chi connectivity index (χ1) is 12.0. The van der Waals surface area contributed by atoms with Crippen molar-refractivity contribution in [2.45, 2.75) is 13.5 Å². The first-order valence-electron chi connectivity index (χ1n) is 7.92. The Bertz CT molecular complexity index is 942. The zero-order valence-corrected chi connectivity index (χ0v) is 14.4. The summed E-state index contributed by atoms with van der Waals surface area (Å²) in [4.78, 5) is 21.4. The van der Waals surface area contributed by atoms with Gasteiger partial charge in [0.15, 0.2) is 0 Å². The molecule has 1 N–H and O–H groups in total. The van der Waals surface area contributed by atoms with Crippen LogP contribution in [0.5, 0.6) is 0 Å². The van der Waals surface area contributed by atoms with E-state index in [-0.39, 0.29) is 18.3 Å². The number of benzene rings is 2. The maximum absolute atomic E-state index is 14.1. The van der Waals surface area contributed by atoms with Crippen molar-refractivity contribution in [1.82, 2.24) is 14.9 Å². The van der Waals surface area contributed by atoms with Crippen molar-refractivity contribution in [3.05, 3.63) is 54.1 Å². The summed E-state index contributed by atoms with van der Waals surface area (Å²) in [5.41, 5.74) is 3.13. The molecule has 6 heteroatoms. The Morgan fingerprint density at radius 3 is 2.60 bits per heavy atom. The lowest BCUT2D eigenvalue weighted by Crippen LogP contribution is -2.23. The minimum Gasteiger partial charge on any atom is -0.373 e. The molecule has 3 aromatic rings. The molecule has 1 amide bonds. The highest BCUT2D eigenvalue weighted by Gasteiger charge is 2.11. The summed E-state index contributed by atoms with van der Waals surface area (Å²) in [6.45, 7) is 1.69. The minimum absolute atomic E-state index is 0.105. The standard InChI is InChI=1S/C19H19FN4O/c1-12(25)24(3)10-15-8-13(4-6-17(15)20)14-5-7-18-16(9-14)19(21-2)23-11-22-18/h4-9,11H,10H2,1-3H3,(H,21,22,23). The maximum Gasteiger partial charge on any atom is 0.219 e. The molecule has 128 valence electrons. The summed E-state index contributed by atoms with van der Waals surface area (Å²) in [6.07, 6.45) is 1.52. The topological polar surface area (TPSA) is 58.1 Å². The molecule has 1 aromatic heterocycles. The summed E-state index contributed by atoms with van der Waals surface area (Å²) in [5.74, 6) is 0.314. The molecule has 0 unspecified atom stereocenters. The second kappa shape index (κ2) is 6.84. The molecule has 0 bridgehead atoms. The number of hydrogen-bond donors (Lipinski definition) is 1. The average Bonchev–Trinajstić information content (AvgIpc) is 2.62. The van der Waals surface area contributed by atoms with E-state index in [0.717, 1.165) is 27.8 Å². The first kappa shape index (κ1) is 16.8. The number of carbonyl (C=O) groups is 1. The van der Waals surface area contributed by atoms with Crippen LogP contribution in [0.3, 0.4) is 0 Å². The maximum atomic E-state index is 14.1. The summed E-state index contributed by atoms with van der Waals surface area (Å²) in [6, 6.07) is 10.8. The molecule has 5 nitrogen and oxygen atoms in total. The van der Waals surface area contributed by atoms with Crippen molar-refractivity contribution in [3.63, 3.8) is 0 Å². The first-order valence-corrected chi connectivity index (χ1v) is 7.92. The predicted octanol–water partition coefficient (Wildman–Crippen LogP) is 3.46. The van der Waals surface area contributed by atoms with Crippen LogP contribution in [0.1, 0.15) is 12.5 Å². The van der Waals surface area contributed by atoms with Gasteiger partial charge in [0, 0.05) is 38.5 Å². The number of rotatable bonds is 4. The molecule has 0 aliphatic heterocycles. The smallest absolute Gasteiger partial charge is 0.219 e. The van der Waals surface area contributed by atoms with Crippen LogP contribution in [0.15, 0.2) is 42.7 Å². The van der Waals surface area contributed by atoms with Gasteiger partial charge in [0.25, 0.3) is 0 Å². The van der Waals surface area contributed by atoms with Crippen LogP contribution >= 0.6 is 0 Å². The van der Waals surface area contributed by atoms with Crippen LogP contribution in [0.4, 0.5) is 10.2 Å². The summed E-state index contributed by atoms with van der Waals surface area (Å²) in [7, 11) is 3.46. The van der Waals surface area contributed by atoms with Gasteiger partial charge in [-0.2, -0.15) is 0 Å². The van der Waals surface area contributed by atoms with Gasteiger partial charge in [0.2, 0.25) is 5.91 Å². The molecule has 0 fully saturated rings. The van der Waals surface area contributed by atoms with Crippen molar-refractivity contribution in [2.24, 2.45) is 0 Å². The van der Waals surface area contributed by atoms with E-state index >= 15 is 0 Å². The monoisotopic (exact) mass is 338 g/mol. The second-order valence-corrected chi connectivity index (χ2v) is 5.89. The Hall–Kier alpha value is -3.02. The summed E-state index contributed by atoms with van der Waals surface area (Å²) >= 11 is 0. The van der Waals surface area contributed by atoms with E-state index < -0.39 is 0 Å². The number of carbonyl (C=O) groups excluding carboxylic acids is 1. The zero-order chi connectivity index (χ0) is 18.0. The molecule has 1 heterocycles. The normalized spacial score (nSPS) is 10.7. The van der Waals surface area contributed by atoms with Gasteiger partial charge >= 0.3 is 0 Å². The molecule has 0 atom stereocenters. The number of hydrogen-bond acceptors (Lipinski definition) is 4. The van der Waals surface area contributed by atoms with E-state index in [1.807, 2.05) is 25.2 Å². The number of aromatic nitrogens is 2. The van der Waals surface area contributed by atoms with Crippen molar-refractivity contribution in [3.8, 4) is 11.1 Å². The molecule has 0 aliphatic carbocycles. The lowest BCUT2D eigenvalue weighted by Gasteiger charge is -2.16. The molecule has 2 aromatic carbocycles. The lowest BCUT2D eigenvalue weighted by molar-refractivity contribution is -0.128. The highest BCUT2D eigenvalue weighted by atomic mass is 19.1. The Morgan fingerprint density at radius 1 is 1.16 bits per heavy atom. The van der Waals surface area contributed by atoms with Crippen molar-refractivity contribution >= 4 is 22.6 Å². The molecule has 25 heavy (non-hydrogen) atoms. The van der Waals surface area contributed by atoms with E-state index in [0.29, 0.717) is 5.56 Å². The van der Waals surface area contributed by atoms with Gasteiger partial charge in [0.05, 0.1) is 5.52 Å². The third-order valence-electron chi connectivity index (χ3n) is 4.20. The van der Waals surface area contributed by atoms with Gasteiger partial charge in [0.1, 0.15) is 18.0 Å². The molecule has 0 spiro atoms. The second-order valence-electron chi connectivity index (χ2n) is 5.89.